The van der Waals surface area contributed by atoms with E-state index in [1.807, 2.05) is 0 Å². The largest absolute Gasteiger partial charge is 0.506 e. The van der Waals surface area contributed by atoms with E-state index < -0.39 is 27.9 Å². The Morgan fingerprint density at radius 1 is 1.32 bits per heavy atom. The zero-order chi connectivity index (χ0) is 18.0. The Kier molecular flexibility index (Phi) is 4.80. The second-order valence-corrected chi connectivity index (χ2v) is 6.58. The number of carbonyl (C=O) groups is 1. The summed E-state index contributed by atoms with van der Waals surface area (Å²) in [5.41, 5.74) is 0.00712. The maximum absolute atomic E-state index is 12.9. The Balaban J connectivity index is 2.24. The van der Waals surface area contributed by atoms with Gasteiger partial charge in [0.2, 0.25) is 0 Å². The molecular formula is C17H14BrN3O4. The van der Waals surface area contributed by atoms with Crippen LogP contribution in [0.4, 0.5) is 0 Å². The van der Waals surface area contributed by atoms with Gasteiger partial charge in [-0.2, -0.15) is 0 Å². The van der Waals surface area contributed by atoms with Crippen molar-refractivity contribution in [2.75, 3.05) is 0 Å². The number of aromatic nitrogens is 3. The first-order valence-electron chi connectivity index (χ1n) is 7.43. The summed E-state index contributed by atoms with van der Waals surface area (Å²) in [7, 11) is 0. The highest BCUT2D eigenvalue weighted by molar-refractivity contribution is 9.09. The molecule has 1 atom stereocenters. The minimum atomic E-state index is -0.902. The Morgan fingerprint density at radius 3 is 2.72 bits per heavy atom. The van der Waals surface area contributed by atoms with Crippen LogP contribution in [0, 0.1) is 0 Å². The lowest BCUT2D eigenvalue weighted by Gasteiger charge is -2.14. The topological polar surface area (TPSA) is 94.3 Å². The van der Waals surface area contributed by atoms with Crippen molar-refractivity contribution in [1.29, 1.82) is 0 Å². The first-order valence-corrected chi connectivity index (χ1v) is 8.35. The zero-order valence-electron chi connectivity index (χ0n) is 13.2. The first kappa shape index (κ1) is 17.1. The van der Waals surface area contributed by atoms with Crippen LogP contribution in [0.15, 0.2) is 47.7 Å². The number of hydrogen-bond donors (Lipinski definition) is 1. The molecule has 0 spiro atoms. The van der Waals surface area contributed by atoms with E-state index in [0.29, 0.717) is 5.39 Å². The van der Waals surface area contributed by atoms with Crippen LogP contribution in [0.5, 0.6) is 5.75 Å². The molecule has 0 aliphatic carbocycles. The molecule has 1 N–H and O–H groups in total. The summed E-state index contributed by atoms with van der Waals surface area (Å²) >= 11 is 3.09. The Hall–Kier alpha value is -2.74. The number of aromatic hydroxyl groups is 1. The predicted molar refractivity (Wildman–Crippen MR) is 94.8 cm³/mol. The van der Waals surface area contributed by atoms with Crippen LogP contribution in [-0.2, 0) is 11.3 Å². The maximum Gasteiger partial charge on any atom is 0.348 e. The molecule has 3 aromatic rings. The average molecular weight is 404 g/mol. The monoisotopic (exact) mass is 403 g/mol. The van der Waals surface area contributed by atoms with Crippen LogP contribution in [0.1, 0.15) is 22.8 Å². The molecular weight excluding hydrogens is 390 g/mol. The summed E-state index contributed by atoms with van der Waals surface area (Å²) in [6.45, 7) is 1.77. The molecule has 0 bridgehead atoms. The van der Waals surface area contributed by atoms with E-state index in [2.05, 4.69) is 25.9 Å². The van der Waals surface area contributed by atoms with E-state index in [0.717, 1.165) is 5.56 Å². The van der Waals surface area contributed by atoms with Crippen molar-refractivity contribution < 1.29 is 14.6 Å². The number of alkyl halides is 1. The number of nitrogens with zero attached hydrogens (tertiary/aromatic N) is 3. The predicted octanol–water partition coefficient (Wildman–Crippen LogP) is 2.44. The third-order valence-electron chi connectivity index (χ3n) is 3.56. The number of carbonyl (C=O) groups excluding carboxylic acids is 1. The molecule has 3 heterocycles. The molecule has 3 rings (SSSR count). The molecule has 0 aliphatic rings. The second kappa shape index (κ2) is 7.02. The molecule has 25 heavy (non-hydrogen) atoms. The number of pyridine rings is 3. The fourth-order valence-electron chi connectivity index (χ4n) is 2.47. The highest BCUT2D eigenvalue weighted by atomic mass is 79.9. The molecule has 0 aromatic carbocycles. The molecule has 0 saturated heterocycles. The van der Waals surface area contributed by atoms with Crippen molar-refractivity contribution in [2.24, 2.45) is 0 Å². The standard InChI is InChI=1S/C17H14BrN3O4/c1-10(18)25-17(24)13-14(22)12-3-2-6-20-15(12)21(16(13)23)9-11-4-7-19-8-5-11/h2-8,10,22H,9H2,1H3. The Morgan fingerprint density at radius 2 is 2.04 bits per heavy atom. The van der Waals surface area contributed by atoms with E-state index in [9.17, 15) is 14.7 Å². The normalized spacial score (nSPS) is 12.1. The molecule has 0 aliphatic heterocycles. The minimum Gasteiger partial charge on any atom is -0.506 e. The van der Waals surface area contributed by atoms with Crippen molar-refractivity contribution in [2.45, 2.75) is 18.5 Å². The van der Waals surface area contributed by atoms with Crippen LogP contribution in [0.2, 0.25) is 0 Å². The van der Waals surface area contributed by atoms with Gasteiger partial charge in [-0.1, -0.05) is 0 Å². The molecule has 7 nitrogen and oxygen atoms in total. The van der Waals surface area contributed by atoms with Gasteiger partial charge >= 0.3 is 5.97 Å². The number of hydrogen-bond acceptors (Lipinski definition) is 6. The minimum absolute atomic E-state index is 0.180. The molecule has 0 amide bonds. The summed E-state index contributed by atoms with van der Waals surface area (Å²) < 4.78 is 6.36. The third-order valence-corrected chi connectivity index (χ3v) is 3.74. The van der Waals surface area contributed by atoms with Gasteiger partial charge in [0.15, 0.2) is 10.6 Å². The van der Waals surface area contributed by atoms with Crippen molar-refractivity contribution in [3.05, 3.63) is 64.3 Å². The molecule has 1 unspecified atom stereocenters. The van der Waals surface area contributed by atoms with Gasteiger partial charge in [0, 0.05) is 18.6 Å². The number of esters is 1. The average Bonchev–Trinajstić information content (AvgIpc) is 2.59. The number of rotatable bonds is 4. The van der Waals surface area contributed by atoms with Gasteiger partial charge < -0.3 is 9.84 Å². The summed E-state index contributed by atoms with van der Waals surface area (Å²) in [6.07, 6.45) is 4.74. The van der Waals surface area contributed by atoms with Crippen LogP contribution in [-0.4, -0.2) is 30.6 Å². The highest BCUT2D eigenvalue weighted by Gasteiger charge is 2.25. The third kappa shape index (κ3) is 3.39. The lowest BCUT2D eigenvalue weighted by Crippen LogP contribution is -2.29. The van der Waals surface area contributed by atoms with Gasteiger partial charge in [0.25, 0.3) is 5.56 Å². The Bertz CT molecular complexity index is 986. The maximum atomic E-state index is 12.9. The SMILES string of the molecule is CC(Br)OC(=O)c1c(O)c2cccnc2n(Cc2ccncc2)c1=O. The first-order chi connectivity index (χ1) is 12.0. The van der Waals surface area contributed by atoms with Crippen molar-refractivity contribution in [1.82, 2.24) is 14.5 Å². The van der Waals surface area contributed by atoms with E-state index in [-0.39, 0.29) is 12.2 Å². The van der Waals surface area contributed by atoms with Gasteiger partial charge in [-0.25, -0.2) is 9.78 Å². The second-order valence-electron chi connectivity index (χ2n) is 5.29. The van der Waals surface area contributed by atoms with Gasteiger partial charge in [0.05, 0.1) is 11.9 Å². The van der Waals surface area contributed by atoms with Crippen LogP contribution in [0.25, 0.3) is 11.0 Å². The van der Waals surface area contributed by atoms with E-state index in [1.165, 1.54) is 10.8 Å². The van der Waals surface area contributed by atoms with E-state index in [1.54, 1.807) is 43.6 Å². The van der Waals surface area contributed by atoms with Crippen LogP contribution < -0.4 is 5.56 Å². The van der Waals surface area contributed by atoms with Gasteiger partial charge in [-0.05, 0) is 52.7 Å². The highest BCUT2D eigenvalue weighted by Crippen LogP contribution is 2.26. The Labute approximate surface area is 151 Å². The molecule has 0 radical (unpaired) electrons. The van der Waals surface area contributed by atoms with Crippen LogP contribution in [0.3, 0.4) is 0 Å². The number of halogens is 1. The summed E-state index contributed by atoms with van der Waals surface area (Å²) in [4.78, 5) is 33.3. The van der Waals surface area contributed by atoms with Crippen LogP contribution >= 0.6 is 15.9 Å². The zero-order valence-corrected chi connectivity index (χ0v) is 14.8. The van der Waals surface area contributed by atoms with Crippen molar-refractivity contribution >= 4 is 32.9 Å². The fourth-order valence-corrected chi connectivity index (χ4v) is 2.64. The molecule has 8 heteroatoms. The molecule has 0 saturated carbocycles. The lowest BCUT2D eigenvalue weighted by molar-refractivity contribution is 0.0485. The van der Waals surface area contributed by atoms with Crippen molar-refractivity contribution in [3.8, 4) is 5.75 Å². The fraction of sp³-hybridized carbons (Fsp3) is 0.176. The smallest absolute Gasteiger partial charge is 0.348 e. The summed E-state index contributed by atoms with van der Waals surface area (Å²) in [5.74, 6) is -1.33. The molecule has 128 valence electrons. The van der Waals surface area contributed by atoms with E-state index >= 15 is 0 Å². The summed E-state index contributed by atoms with van der Waals surface area (Å²) in [5, 5.41) is 10.1. The quantitative estimate of drug-likeness (QED) is 0.530. The lowest BCUT2D eigenvalue weighted by atomic mass is 10.1. The summed E-state index contributed by atoms with van der Waals surface area (Å²) in [6, 6.07) is 6.72. The molecule has 3 aromatic heterocycles. The van der Waals surface area contributed by atoms with Gasteiger partial charge in [-0.15, -0.1) is 0 Å². The van der Waals surface area contributed by atoms with E-state index in [4.69, 9.17) is 4.74 Å². The van der Waals surface area contributed by atoms with Gasteiger partial charge in [-0.3, -0.25) is 14.3 Å². The number of fused-ring (bicyclic) bond motifs is 1. The van der Waals surface area contributed by atoms with Gasteiger partial charge in [0.1, 0.15) is 11.4 Å². The molecule has 0 fully saturated rings. The van der Waals surface area contributed by atoms with Crippen molar-refractivity contribution in [3.63, 3.8) is 0 Å². The number of ether oxygens (including phenoxy) is 1.